The van der Waals surface area contributed by atoms with Crippen LogP contribution in [0.15, 0.2) is 64.5 Å². The Bertz CT molecular complexity index is 1310. The minimum absolute atomic E-state index is 0.0999. The fourth-order valence-electron chi connectivity index (χ4n) is 4.12. The van der Waals surface area contributed by atoms with E-state index in [1.54, 1.807) is 4.57 Å². The summed E-state index contributed by atoms with van der Waals surface area (Å²) in [5.41, 5.74) is 1.66. The van der Waals surface area contributed by atoms with Crippen molar-refractivity contribution >= 4 is 34.3 Å². The molecule has 2 aromatic carbocycles. The van der Waals surface area contributed by atoms with Crippen LogP contribution in [0.25, 0.3) is 16.7 Å². The molecule has 0 bridgehead atoms. The summed E-state index contributed by atoms with van der Waals surface area (Å²) in [7, 11) is 0. The van der Waals surface area contributed by atoms with Crippen LogP contribution in [-0.4, -0.2) is 48.3 Å². The van der Waals surface area contributed by atoms with Crippen molar-refractivity contribution in [1.82, 2.24) is 24.1 Å². The van der Waals surface area contributed by atoms with Crippen LogP contribution >= 0.6 is 11.8 Å². The van der Waals surface area contributed by atoms with Crippen molar-refractivity contribution in [3.05, 3.63) is 70.5 Å². The molecule has 8 heteroatoms. The average molecular weight is 434 g/mol. The number of carbonyl (C=O) groups is 1. The molecule has 0 saturated carbocycles. The van der Waals surface area contributed by atoms with E-state index in [0.717, 1.165) is 37.0 Å². The van der Waals surface area contributed by atoms with Crippen LogP contribution in [0, 0.1) is 0 Å². The van der Waals surface area contributed by atoms with E-state index >= 15 is 0 Å². The molecular formula is C23H23N5O2S. The van der Waals surface area contributed by atoms with E-state index in [0.29, 0.717) is 22.9 Å². The third-order valence-corrected chi connectivity index (χ3v) is 6.74. The standard InChI is InChI=1S/C23H23N5O2S/c1-16(20(29)26-13-7-8-14-26)31-23-25-24-22-27(15-17-9-3-2-4-10-17)21(30)18-11-5-6-12-19(18)28(22)23/h2-6,9-12,16H,7-8,13-15H2,1H3. The van der Waals surface area contributed by atoms with E-state index in [2.05, 4.69) is 10.2 Å². The monoisotopic (exact) mass is 433 g/mol. The van der Waals surface area contributed by atoms with Crippen molar-refractivity contribution < 1.29 is 4.79 Å². The van der Waals surface area contributed by atoms with Crippen LogP contribution in [0.2, 0.25) is 0 Å². The lowest BCUT2D eigenvalue weighted by molar-refractivity contribution is -0.129. The second kappa shape index (κ2) is 8.19. The highest BCUT2D eigenvalue weighted by atomic mass is 32.2. The number of likely N-dealkylation sites (tertiary alicyclic amines) is 1. The zero-order valence-electron chi connectivity index (χ0n) is 17.3. The Balaban J connectivity index is 1.61. The van der Waals surface area contributed by atoms with Gasteiger partial charge in [-0.3, -0.25) is 18.6 Å². The molecule has 1 fully saturated rings. The van der Waals surface area contributed by atoms with Gasteiger partial charge in [-0.1, -0.05) is 54.2 Å². The van der Waals surface area contributed by atoms with E-state index in [1.807, 2.05) is 70.8 Å². The second-order valence-electron chi connectivity index (χ2n) is 7.80. The number of hydrogen-bond acceptors (Lipinski definition) is 5. The number of benzene rings is 2. The molecule has 3 heterocycles. The summed E-state index contributed by atoms with van der Waals surface area (Å²) in [6, 6.07) is 17.3. The first-order valence-corrected chi connectivity index (χ1v) is 11.4. The maximum Gasteiger partial charge on any atom is 0.263 e. The summed E-state index contributed by atoms with van der Waals surface area (Å²) >= 11 is 1.39. The predicted octanol–water partition coefficient (Wildman–Crippen LogP) is 3.20. The van der Waals surface area contributed by atoms with Crippen molar-refractivity contribution in [3.63, 3.8) is 0 Å². The van der Waals surface area contributed by atoms with Crippen molar-refractivity contribution in [3.8, 4) is 0 Å². The third-order valence-electron chi connectivity index (χ3n) is 5.71. The van der Waals surface area contributed by atoms with Gasteiger partial charge in [0.1, 0.15) is 0 Å². The molecule has 0 radical (unpaired) electrons. The highest BCUT2D eigenvalue weighted by Crippen LogP contribution is 2.27. The summed E-state index contributed by atoms with van der Waals surface area (Å²) in [4.78, 5) is 28.0. The number of hydrogen-bond donors (Lipinski definition) is 0. The Morgan fingerprint density at radius 1 is 1.03 bits per heavy atom. The number of carbonyl (C=O) groups excluding carboxylic acids is 1. The molecule has 1 unspecified atom stereocenters. The van der Waals surface area contributed by atoms with Crippen LogP contribution < -0.4 is 5.56 Å². The normalized spacial score (nSPS) is 15.1. The van der Waals surface area contributed by atoms with Crippen molar-refractivity contribution in [2.24, 2.45) is 0 Å². The van der Waals surface area contributed by atoms with Gasteiger partial charge in [-0.05, 0) is 37.5 Å². The molecule has 0 N–H and O–H groups in total. The van der Waals surface area contributed by atoms with E-state index < -0.39 is 0 Å². The molecule has 5 rings (SSSR count). The molecule has 4 aromatic rings. The van der Waals surface area contributed by atoms with Crippen molar-refractivity contribution in [2.75, 3.05) is 13.1 Å². The van der Waals surface area contributed by atoms with Gasteiger partial charge in [0.05, 0.1) is 22.7 Å². The Labute approximate surface area is 183 Å². The number of para-hydroxylation sites is 1. The molecule has 1 saturated heterocycles. The van der Waals surface area contributed by atoms with Crippen LogP contribution in [0.4, 0.5) is 0 Å². The van der Waals surface area contributed by atoms with Gasteiger partial charge in [0.2, 0.25) is 11.7 Å². The van der Waals surface area contributed by atoms with E-state index in [-0.39, 0.29) is 16.7 Å². The average Bonchev–Trinajstić information content (AvgIpc) is 3.47. The number of fused-ring (bicyclic) bond motifs is 3. The van der Waals surface area contributed by atoms with Gasteiger partial charge in [0, 0.05) is 13.1 Å². The number of thioether (sulfide) groups is 1. The molecule has 0 aliphatic carbocycles. The molecule has 1 aliphatic rings. The van der Waals surface area contributed by atoms with E-state index in [1.165, 1.54) is 11.8 Å². The first-order chi connectivity index (χ1) is 15.1. The fraction of sp³-hybridized carbons (Fsp3) is 0.304. The summed E-state index contributed by atoms with van der Waals surface area (Å²) in [6.07, 6.45) is 2.13. The first kappa shape index (κ1) is 19.8. The summed E-state index contributed by atoms with van der Waals surface area (Å²) in [6.45, 7) is 3.96. The van der Waals surface area contributed by atoms with E-state index in [9.17, 15) is 9.59 Å². The van der Waals surface area contributed by atoms with Gasteiger partial charge in [-0.15, -0.1) is 10.2 Å². The first-order valence-electron chi connectivity index (χ1n) is 10.5. The molecule has 1 aliphatic heterocycles. The Morgan fingerprint density at radius 3 is 2.52 bits per heavy atom. The lowest BCUT2D eigenvalue weighted by Crippen LogP contribution is -2.34. The zero-order chi connectivity index (χ0) is 21.4. The van der Waals surface area contributed by atoms with Crippen molar-refractivity contribution in [1.29, 1.82) is 0 Å². The highest BCUT2D eigenvalue weighted by Gasteiger charge is 2.26. The molecule has 7 nitrogen and oxygen atoms in total. The number of amides is 1. The number of nitrogens with zero attached hydrogens (tertiary/aromatic N) is 5. The fourth-order valence-corrected chi connectivity index (χ4v) is 5.06. The second-order valence-corrected chi connectivity index (χ2v) is 9.11. The Kier molecular flexibility index (Phi) is 5.23. The predicted molar refractivity (Wildman–Crippen MR) is 121 cm³/mol. The highest BCUT2D eigenvalue weighted by molar-refractivity contribution is 8.00. The SMILES string of the molecule is CC(Sc1nnc2n(Cc3ccccc3)c(=O)c3ccccc3n12)C(=O)N1CCCC1. The Morgan fingerprint density at radius 2 is 1.74 bits per heavy atom. The molecule has 158 valence electrons. The van der Waals surface area contributed by atoms with Crippen LogP contribution in [0.1, 0.15) is 25.3 Å². The van der Waals surface area contributed by atoms with Crippen LogP contribution in [-0.2, 0) is 11.3 Å². The Hall–Kier alpha value is -3.13. The van der Waals surface area contributed by atoms with E-state index in [4.69, 9.17) is 0 Å². The van der Waals surface area contributed by atoms with Gasteiger partial charge in [-0.2, -0.15) is 0 Å². The lowest BCUT2D eigenvalue weighted by Gasteiger charge is -2.19. The lowest BCUT2D eigenvalue weighted by atomic mass is 10.2. The molecule has 2 aromatic heterocycles. The van der Waals surface area contributed by atoms with Gasteiger partial charge in [-0.25, -0.2) is 0 Å². The smallest absolute Gasteiger partial charge is 0.263 e. The minimum Gasteiger partial charge on any atom is -0.342 e. The van der Waals surface area contributed by atoms with Crippen molar-refractivity contribution in [2.45, 2.75) is 36.7 Å². The minimum atomic E-state index is -0.279. The molecule has 1 atom stereocenters. The third kappa shape index (κ3) is 3.61. The topological polar surface area (TPSA) is 72.5 Å². The van der Waals surface area contributed by atoms with Crippen LogP contribution in [0.5, 0.6) is 0 Å². The maximum absolute atomic E-state index is 13.3. The summed E-state index contributed by atoms with van der Waals surface area (Å²) in [5, 5.41) is 9.69. The largest absolute Gasteiger partial charge is 0.342 e. The van der Waals surface area contributed by atoms with Gasteiger partial charge < -0.3 is 4.90 Å². The molecule has 31 heavy (non-hydrogen) atoms. The van der Waals surface area contributed by atoms with Crippen LogP contribution in [0.3, 0.4) is 0 Å². The van der Waals surface area contributed by atoms with Gasteiger partial charge >= 0.3 is 0 Å². The molecular weight excluding hydrogens is 410 g/mol. The summed E-state index contributed by atoms with van der Waals surface area (Å²) < 4.78 is 3.56. The molecule has 0 spiro atoms. The van der Waals surface area contributed by atoms with Gasteiger partial charge in [0.25, 0.3) is 5.56 Å². The number of rotatable bonds is 5. The zero-order valence-corrected chi connectivity index (χ0v) is 18.1. The maximum atomic E-state index is 13.3. The quantitative estimate of drug-likeness (QED) is 0.452. The number of aromatic nitrogens is 4. The molecule has 1 amide bonds. The van der Waals surface area contributed by atoms with Gasteiger partial charge in [0.15, 0.2) is 5.16 Å². The summed E-state index contributed by atoms with van der Waals surface area (Å²) in [5.74, 6) is 0.608.